The van der Waals surface area contributed by atoms with Crippen molar-refractivity contribution in [1.29, 1.82) is 0 Å². The summed E-state index contributed by atoms with van der Waals surface area (Å²) >= 11 is 1.36. The largest absolute Gasteiger partial charge is 0.378 e. The maximum absolute atomic E-state index is 13.0. The van der Waals surface area contributed by atoms with Gasteiger partial charge >= 0.3 is 0 Å². The molecule has 2 aromatic heterocycles. The fourth-order valence-corrected chi connectivity index (χ4v) is 4.80. The van der Waals surface area contributed by atoms with Crippen LogP contribution in [0.4, 0.5) is 0 Å². The van der Waals surface area contributed by atoms with Gasteiger partial charge in [0.2, 0.25) is 0 Å². The number of hydrogen-bond donors (Lipinski definition) is 1. The normalized spacial score (nSPS) is 23.4. The molecule has 1 amide bonds. The lowest BCUT2D eigenvalue weighted by molar-refractivity contribution is 0.0903. The van der Waals surface area contributed by atoms with Gasteiger partial charge in [-0.3, -0.25) is 9.69 Å². The Labute approximate surface area is 163 Å². The molecule has 2 atom stereocenters. The highest BCUT2D eigenvalue weighted by Gasteiger charge is 2.35. The molecule has 2 aliphatic rings. The number of piperidine rings is 1. The molecule has 4 heterocycles. The Kier molecular flexibility index (Phi) is 5.75. The van der Waals surface area contributed by atoms with Gasteiger partial charge in [-0.15, -0.1) is 11.3 Å². The van der Waals surface area contributed by atoms with Crippen molar-refractivity contribution >= 4 is 17.2 Å². The fourth-order valence-electron chi connectivity index (χ4n) is 3.80. The molecule has 0 bridgehead atoms. The quantitative estimate of drug-likeness (QED) is 0.847. The van der Waals surface area contributed by atoms with Gasteiger partial charge in [-0.05, 0) is 38.4 Å². The molecule has 4 rings (SSSR count). The molecule has 0 unspecified atom stereocenters. The van der Waals surface area contributed by atoms with Gasteiger partial charge in [-0.25, -0.2) is 15.0 Å². The van der Waals surface area contributed by atoms with E-state index >= 15 is 0 Å². The van der Waals surface area contributed by atoms with Gasteiger partial charge in [0, 0.05) is 12.4 Å². The first-order valence-electron chi connectivity index (χ1n) is 9.66. The van der Waals surface area contributed by atoms with Gasteiger partial charge in [0.15, 0.2) is 10.8 Å². The average Bonchev–Trinajstić information content (AvgIpc) is 3.36. The highest BCUT2D eigenvalue weighted by atomic mass is 32.1. The molecular formula is C19H25N5O2S. The summed E-state index contributed by atoms with van der Waals surface area (Å²) in [5.41, 5.74) is 0.799. The van der Waals surface area contributed by atoms with Gasteiger partial charge in [-0.2, -0.15) is 0 Å². The standard InChI is InChI=1S/C19H25N5O2S/c1-2-13-16(27-19(23-13)17-20-7-6-8-21-17)18(25)22-14-11-26-12-15(14)24-9-4-3-5-10-24/h6-8,14-15H,2-5,9-12H2,1H3,(H,22,25)/t14-,15-/m0/s1. The minimum atomic E-state index is -0.0657. The predicted molar refractivity (Wildman–Crippen MR) is 104 cm³/mol. The molecule has 2 aromatic rings. The first-order chi connectivity index (χ1) is 13.3. The number of aromatic nitrogens is 3. The lowest BCUT2D eigenvalue weighted by Crippen LogP contribution is -2.52. The molecule has 0 aromatic carbocycles. The molecule has 7 nitrogen and oxygen atoms in total. The van der Waals surface area contributed by atoms with Crippen LogP contribution in [0.2, 0.25) is 0 Å². The van der Waals surface area contributed by atoms with Crippen LogP contribution in [0.5, 0.6) is 0 Å². The number of amides is 1. The fraction of sp³-hybridized carbons (Fsp3) is 0.579. The van der Waals surface area contributed by atoms with Gasteiger partial charge in [-0.1, -0.05) is 13.3 Å². The number of nitrogens with one attached hydrogen (secondary N) is 1. The van der Waals surface area contributed by atoms with Crippen molar-refractivity contribution in [2.24, 2.45) is 0 Å². The maximum atomic E-state index is 13.0. The van der Waals surface area contributed by atoms with Crippen molar-refractivity contribution in [2.45, 2.75) is 44.7 Å². The number of rotatable bonds is 5. The third-order valence-corrected chi connectivity index (χ3v) is 6.31. The van der Waals surface area contributed by atoms with E-state index in [2.05, 4.69) is 25.2 Å². The van der Waals surface area contributed by atoms with Gasteiger partial charge in [0.1, 0.15) is 4.88 Å². The van der Waals surface area contributed by atoms with E-state index in [1.807, 2.05) is 6.92 Å². The second-order valence-corrected chi connectivity index (χ2v) is 8.00. The lowest BCUT2D eigenvalue weighted by atomic mass is 10.0. The van der Waals surface area contributed by atoms with Crippen LogP contribution in [0.3, 0.4) is 0 Å². The molecule has 2 saturated heterocycles. The van der Waals surface area contributed by atoms with Crippen LogP contribution in [-0.4, -0.2) is 64.1 Å². The lowest BCUT2D eigenvalue weighted by Gasteiger charge is -2.34. The van der Waals surface area contributed by atoms with Crippen LogP contribution in [0.25, 0.3) is 10.8 Å². The molecule has 0 aliphatic carbocycles. The van der Waals surface area contributed by atoms with E-state index < -0.39 is 0 Å². The van der Waals surface area contributed by atoms with Crippen LogP contribution in [-0.2, 0) is 11.2 Å². The molecule has 0 saturated carbocycles. The Balaban J connectivity index is 1.50. The molecule has 0 radical (unpaired) electrons. The minimum Gasteiger partial charge on any atom is -0.378 e. The summed E-state index contributed by atoms with van der Waals surface area (Å²) in [6.45, 7) is 5.46. The number of hydrogen-bond acceptors (Lipinski definition) is 7. The topological polar surface area (TPSA) is 80.2 Å². The Bertz CT molecular complexity index is 776. The van der Waals surface area contributed by atoms with Crippen molar-refractivity contribution in [3.63, 3.8) is 0 Å². The number of aryl methyl sites for hydroxylation is 1. The average molecular weight is 388 g/mol. The van der Waals surface area contributed by atoms with Gasteiger partial charge in [0.05, 0.1) is 31.0 Å². The molecule has 2 aliphatic heterocycles. The van der Waals surface area contributed by atoms with Crippen LogP contribution in [0, 0.1) is 0 Å². The number of nitrogens with zero attached hydrogens (tertiary/aromatic N) is 4. The van der Waals surface area contributed by atoms with E-state index in [-0.39, 0.29) is 18.0 Å². The van der Waals surface area contributed by atoms with E-state index in [0.29, 0.717) is 35.3 Å². The van der Waals surface area contributed by atoms with E-state index in [4.69, 9.17) is 4.74 Å². The smallest absolute Gasteiger partial charge is 0.263 e. The number of carbonyl (C=O) groups is 1. The number of ether oxygens (including phenoxy) is 1. The molecule has 1 N–H and O–H groups in total. The number of likely N-dealkylation sites (tertiary alicyclic amines) is 1. The zero-order valence-electron chi connectivity index (χ0n) is 15.6. The predicted octanol–water partition coefficient (Wildman–Crippen LogP) is 2.15. The minimum absolute atomic E-state index is 0.0267. The van der Waals surface area contributed by atoms with Crippen molar-refractivity contribution in [3.8, 4) is 10.8 Å². The third kappa shape index (κ3) is 4.02. The van der Waals surface area contributed by atoms with E-state index in [1.54, 1.807) is 18.5 Å². The monoisotopic (exact) mass is 387 g/mol. The van der Waals surface area contributed by atoms with E-state index in [1.165, 1.54) is 30.6 Å². The Morgan fingerprint density at radius 2 is 2.04 bits per heavy atom. The Morgan fingerprint density at radius 3 is 2.78 bits per heavy atom. The zero-order valence-corrected chi connectivity index (χ0v) is 16.4. The first-order valence-corrected chi connectivity index (χ1v) is 10.5. The summed E-state index contributed by atoms with van der Waals surface area (Å²) < 4.78 is 5.70. The summed E-state index contributed by atoms with van der Waals surface area (Å²) in [5, 5.41) is 3.89. The molecule has 2 fully saturated rings. The molecule has 0 spiro atoms. The van der Waals surface area contributed by atoms with Crippen molar-refractivity contribution in [2.75, 3.05) is 26.3 Å². The van der Waals surface area contributed by atoms with Gasteiger partial charge in [0.25, 0.3) is 5.91 Å². The number of thiazole rings is 1. The van der Waals surface area contributed by atoms with Crippen LogP contribution in [0.1, 0.15) is 41.6 Å². The maximum Gasteiger partial charge on any atom is 0.263 e. The Hall–Kier alpha value is -1.90. The van der Waals surface area contributed by atoms with Gasteiger partial charge < -0.3 is 10.1 Å². The van der Waals surface area contributed by atoms with E-state index in [9.17, 15) is 4.79 Å². The van der Waals surface area contributed by atoms with E-state index in [0.717, 1.165) is 18.8 Å². The molecule has 27 heavy (non-hydrogen) atoms. The third-order valence-electron chi connectivity index (χ3n) is 5.22. The van der Waals surface area contributed by atoms with Crippen molar-refractivity contribution in [1.82, 2.24) is 25.2 Å². The van der Waals surface area contributed by atoms with Crippen molar-refractivity contribution in [3.05, 3.63) is 29.0 Å². The Morgan fingerprint density at radius 1 is 1.26 bits per heavy atom. The summed E-state index contributed by atoms with van der Waals surface area (Å²) in [6.07, 6.45) is 7.83. The van der Waals surface area contributed by atoms with Crippen LogP contribution < -0.4 is 5.32 Å². The second kappa shape index (κ2) is 8.41. The summed E-state index contributed by atoms with van der Waals surface area (Å²) in [6, 6.07) is 2.06. The van der Waals surface area contributed by atoms with Crippen LogP contribution in [0.15, 0.2) is 18.5 Å². The highest BCUT2D eigenvalue weighted by molar-refractivity contribution is 7.17. The second-order valence-electron chi connectivity index (χ2n) is 7.00. The zero-order chi connectivity index (χ0) is 18.6. The highest BCUT2D eigenvalue weighted by Crippen LogP contribution is 2.27. The van der Waals surface area contributed by atoms with Crippen molar-refractivity contribution < 1.29 is 9.53 Å². The first kappa shape index (κ1) is 18.5. The molecule has 8 heteroatoms. The molecular weight excluding hydrogens is 362 g/mol. The summed E-state index contributed by atoms with van der Waals surface area (Å²) in [7, 11) is 0. The summed E-state index contributed by atoms with van der Waals surface area (Å²) in [5.74, 6) is 0.496. The van der Waals surface area contributed by atoms with Crippen LogP contribution >= 0.6 is 11.3 Å². The SMILES string of the molecule is CCc1nc(-c2ncccn2)sc1C(=O)N[C@H]1COC[C@@H]1N1CCCCC1. The summed E-state index contributed by atoms with van der Waals surface area (Å²) in [4.78, 5) is 29.2. The number of carbonyl (C=O) groups excluding carboxylic acids is 1. The molecule has 144 valence electrons.